The number of ether oxygens (including phenoxy) is 2. The Morgan fingerprint density at radius 1 is 0.511 bits per heavy atom. The Balaban J connectivity index is 0.853. The molecule has 0 amide bonds. The second kappa shape index (κ2) is 22.2. The average molecular weight is 1170 g/mol. The molecule has 88 heavy (non-hydrogen) atoms. The maximum absolute atomic E-state index is 12.6. The van der Waals surface area contributed by atoms with Gasteiger partial charge in [0.2, 0.25) is 0 Å². The Hall–Kier alpha value is -9.66. The van der Waals surface area contributed by atoms with Gasteiger partial charge in [0.1, 0.15) is 11.5 Å². The molecule has 14 heteroatoms. The number of aliphatic imine (C=N–C) groups is 6. The number of hydrogen-bond acceptors (Lipinski definition) is 14. The summed E-state index contributed by atoms with van der Waals surface area (Å²) in [5.74, 6) is 13.9. The number of carbonyl (C=O) groups is 2. The number of nitrogens with zero attached hydrogens (tertiary/aromatic N) is 6. The Morgan fingerprint density at radius 3 is 1.26 bits per heavy atom. The topological polar surface area (TPSA) is 191 Å². The van der Waals surface area contributed by atoms with Crippen LogP contribution in [0.3, 0.4) is 0 Å². The predicted octanol–water partition coefficient (Wildman–Crippen LogP) is 13.6. The van der Waals surface area contributed by atoms with E-state index in [4.69, 9.17) is 39.4 Å². The predicted molar refractivity (Wildman–Crippen MR) is 347 cm³/mol. The molecule has 0 spiro atoms. The standard InChI is InChI=1S/C74H70N8O6/c1-13-45-35(3)55-31-63-47(37(5)53(77-63)29-57-39(7)49(23-25-67(85)87-11)71(79-57)51-27-65(83)69-41(9)59(81-73(51)69)33-61(45)75-55)21-19-43-15-17-44(18-16-43)20-22-48-38(6)54-30-58-40(8)50(24-26-68(86)88-12)72(80-58)52-28-66(84)70-42(10)60(82-74(52)70)34-62-46(14-2)36(4)56(76-62)32-64(48)78-54/h15-18,29-34,39-40,49-50,79-80,83-84H,13-14,23-28H2,1-12H3/t39-,40-,49-,50-/m0/s1. The van der Waals surface area contributed by atoms with Crippen molar-refractivity contribution in [2.24, 2.45) is 53.6 Å². The summed E-state index contributed by atoms with van der Waals surface area (Å²) in [6, 6.07) is 7.99. The molecule has 2 fully saturated rings. The van der Waals surface area contributed by atoms with Gasteiger partial charge in [0.15, 0.2) is 0 Å². The zero-order chi connectivity index (χ0) is 61.7. The van der Waals surface area contributed by atoms with Crippen LogP contribution in [0, 0.1) is 47.4 Å². The molecule has 4 N–H and O–H groups in total. The lowest BCUT2D eigenvalue weighted by Gasteiger charge is -2.17. The van der Waals surface area contributed by atoms with Gasteiger partial charge in [0.25, 0.3) is 0 Å². The number of allylic oxidation sites excluding steroid dienone is 24. The monoisotopic (exact) mass is 1170 g/mol. The quantitative estimate of drug-likeness (QED) is 0.146. The van der Waals surface area contributed by atoms with Gasteiger partial charge in [0.05, 0.1) is 93.8 Å². The third-order valence-corrected chi connectivity index (χ3v) is 19.4. The van der Waals surface area contributed by atoms with Gasteiger partial charge in [0, 0.05) is 106 Å². The molecule has 14 nitrogen and oxygen atoms in total. The molecule has 4 atom stereocenters. The third-order valence-electron chi connectivity index (χ3n) is 19.4. The van der Waals surface area contributed by atoms with E-state index in [9.17, 15) is 19.8 Å². The van der Waals surface area contributed by atoms with Crippen molar-refractivity contribution < 1.29 is 29.3 Å². The summed E-state index contributed by atoms with van der Waals surface area (Å²) >= 11 is 0. The smallest absolute Gasteiger partial charge is 0.305 e. The third kappa shape index (κ3) is 9.61. The number of fused-ring (bicyclic) bond motifs is 10. The maximum Gasteiger partial charge on any atom is 0.305 e. The number of nitrogens with one attached hydrogen (secondary N) is 2. The lowest BCUT2D eigenvalue weighted by atomic mass is 9.86. The van der Waals surface area contributed by atoms with Crippen LogP contribution in [-0.2, 0) is 19.1 Å². The maximum atomic E-state index is 12.6. The SMILES string of the molecule is CCC1=C(C)C2=NC1=CC1=C(C)C3=C(O)CC(=C4NC(=CC5=NC(=C2)C(C#Cc2ccc(C#CC6=C(C)C7=NC6=CC6=NC(=CC8=C(C)C9=C(O)CC(=C%10NC(=C7)[C@@H](C)[C@@H]%10CCC(=O)OC)C9=N8)C(CC)=C6C)cc2)=C5C)[C@@H](C)[C@@H]4CCC(=O)OC)C3=N1. The fourth-order valence-electron chi connectivity index (χ4n) is 14.2. The van der Waals surface area contributed by atoms with Crippen LogP contribution >= 0.6 is 0 Å². The second-order valence-corrected chi connectivity index (χ2v) is 24.3. The van der Waals surface area contributed by atoms with E-state index >= 15 is 0 Å². The van der Waals surface area contributed by atoms with Crippen LogP contribution in [0.15, 0.2) is 237 Å². The van der Waals surface area contributed by atoms with Gasteiger partial charge < -0.3 is 30.3 Å². The fraction of sp³-hybridized carbons (Fsp3) is 0.324. The van der Waals surface area contributed by atoms with Crippen LogP contribution in [0.25, 0.3) is 0 Å². The molecule has 0 aromatic heterocycles. The van der Waals surface area contributed by atoms with E-state index in [1.807, 2.05) is 62.4 Å². The normalized spacial score (nSPS) is 24.0. The molecule has 16 bridgehead atoms. The first-order chi connectivity index (χ1) is 42.4. The Labute approximate surface area is 514 Å². The van der Waals surface area contributed by atoms with E-state index in [0.29, 0.717) is 37.2 Å². The molecular formula is C74H70N8O6. The van der Waals surface area contributed by atoms with Crippen molar-refractivity contribution in [3.63, 3.8) is 0 Å². The minimum atomic E-state index is -0.269. The molecular weight excluding hydrogens is 1100 g/mol. The summed E-state index contributed by atoms with van der Waals surface area (Å²) in [7, 11) is 2.84. The summed E-state index contributed by atoms with van der Waals surface area (Å²) in [6.07, 6.45) is 16.2. The van der Waals surface area contributed by atoms with Gasteiger partial charge in [-0.1, -0.05) is 51.4 Å². The van der Waals surface area contributed by atoms with Crippen LogP contribution in [0.5, 0.6) is 0 Å². The largest absolute Gasteiger partial charge is 0.511 e. The van der Waals surface area contributed by atoms with E-state index < -0.39 is 0 Å². The minimum Gasteiger partial charge on any atom is -0.511 e. The second-order valence-electron chi connectivity index (χ2n) is 24.3. The molecule has 13 rings (SSSR count). The first-order valence-electron chi connectivity index (χ1n) is 30.6. The van der Waals surface area contributed by atoms with Gasteiger partial charge in [-0.15, -0.1) is 0 Å². The van der Waals surface area contributed by atoms with E-state index in [2.05, 4.69) is 102 Å². The van der Waals surface area contributed by atoms with Crippen molar-refractivity contribution in [3.05, 3.63) is 218 Å². The minimum absolute atomic E-state index is 0.0210. The van der Waals surface area contributed by atoms with Crippen LogP contribution in [-0.4, -0.2) is 70.6 Å². The van der Waals surface area contributed by atoms with Crippen LogP contribution in [0.1, 0.15) is 132 Å². The number of methoxy groups -OCH3 is 2. The van der Waals surface area contributed by atoms with Crippen molar-refractivity contribution in [2.75, 3.05) is 14.2 Å². The van der Waals surface area contributed by atoms with Crippen molar-refractivity contribution in [1.29, 1.82) is 0 Å². The molecule has 10 aliphatic heterocycles. The number of aliphatic hydroxyl groups is 2. The number of benzene rings is 1. The highest BCUT2D eigenvalue weighted by atomic mass is 16.5. The summed E-state index contributed by atoms with van der Waals surface area (Å²) in [6.45, 7) is 21.0. The number of hydrogen-bond donors (Lipinski definition) is 4. The molecule has 442 valence electrons. The van der Waals surface area contributed by atoms with Gasteiger partial charge >= 0.3 is 11.9 Å². The molecule has 10 heterocycles. The molecule has 0 radical (unpaired) electrons. The molecule has 2 saturated heterocycles. The Bertz CT molecular complexity index is 4150. The molecule has 1 aromatic carbocycles. The van der Waals surface area contributed by atoms with E-state index in [-0.39, 0.29) is 48.5 Å². The first-order valence-corrected chi connectivity index (χ1v) is 30.6. The zero-order valence-corrected chi connectivity index (χ0v) is 52.0. The van der Waals surface area contributed by atoms with Crippen molar-refractivity contribution in [3.8, 4) is 23.7 Å². The summed E-state index contributed by atoms with van der Waals surface area (Å²) < 4.78 is 10.2. The Morgan fingerprint density at radius 2 is 0.886 bits per heavy atom. The first kappa shape index (κ1) is 57.4. The number of esters is 2. The van der Waals surface area contributed by atoms with Gasteiger partial charge in [-0.3, -0.25) is 9.59 Å². The highest BCUT2D eigenvalue weighted by Crippen LogP contribution is 2.49. The van der Waals surface area contributed by atoms with Crippen LogP contribution < -0.4 is 10.6 Å². The van der Waals surface area contributed by atoms with E-state index in [1.54, 1.807) is 0 Å². The summed E-state index contributed by atoms with van der Waals surface area (Å²) in [4.78, 5) is 56.7. The molecule has 0 saturated carbocycles. The van der Waals surface area contributed by atoms with Crippen molar-refractivity contribution in [2.45, 2.75) is 121 Å². The molecule has 1 aromatic rings. The highest BCUT2D eigenvalue weighted by Gasteiger charge is 2.44. The number of aliphatic hydroxyl groups excluding tert-OH is 2. The van der Waals surface area contributed by atoms with Gasteiger partial charge in [-0.05, 0) is 173 Å². The number of rotatable bonds is 8. The molecule has 12 aliphatic rings. The summed E-state index contributed by atoms with van der Waals surface area (Å²) in [5, 5.41) is 30.6. The number of carbonyl (C=O) groups excluding carboxylic acids is 2. The average Bonchev–Trinajstić information content (AvgIpc) is 1.64. The lowest BCUT2D eigenvalue weighted by molar-refractivity contribution is -0.141. The van der Waals surface area contributed by atoms with Gasteiger partial charge in [-0.25, -0.2) is 30.0 Å². The van der Waals surface area contributed by atoms with Crippen molar-refractivity contribution >= 4 is 46.2 Å². The van der Waals surface area contributed by atoms with Crippen LogP contribution in [0.4, 0.5) is 0 Å². The molecule has 0 unspecified atom stereocenters. The highest BCUT2D eigenvalue weighted by molar-refractivity contribution is 6.23. The Kier molecular flexibility index (Phi) is 14.5. The van der Waals surface area contributed by atoms with E-state index in [0.717, 1.165) is 193 Å². The van der Waals surface area contributed by atoms with E-state index in [1.165, 1.54) is 14.2 Å². The zero-order valence-electron chi connectivity index (χ0n) is 52.0. The van der Waals surface area contributed by atoms with Gasteiger partial charge in [-0.2, -0.15) is 0 Å². The lowest BCUT2D eigenvalue weighted by Crippen LogP contribution is -2.16. The fourth-order valence-corrected chi connectivity index (χ4v) is 14.2. The summed E-state index contributed by atoms with van der Waals surface area (Å²) in [5.41, 5.74) is 27.9. The van der Waals surface area contributed by atoms with Crippen LogP contribution in [0.2, 0.25) is 0 Å². The molecule has 2 aliphatic carbocycles. The van der Waals surface area contributed by atoms with Crippen molar-refractivity contribution in [1.82, 2.24) is 10.6 Å².